The molecule has 1 aliphatic rings. The minimum absolute atomic E-state index is 0. The molecular formula is C21H26IN. The van der Waals surface area contributed by atoms with Gasteiger partial charge < -0.3 is 28.5 Å². The molecule has 2 aromatic carbocycles. The summed E-state index contributed by atoms with van der Waals surface area (Å²) in [4.78, 5) is 0. The fraction of sp³-hybridized carbons (Fsp3) is 0.333. The van der Waals surface area contributed by atoms with E-state index in [-0.39, 0.29) is 24.0 Å². The molecule has 2 aromatic rings. The molecule has 0 radical (unpaired) electrons. The molecule has 0 saturated carbocycles. The fourth-order valence-electron chi connectivity index (χ4n) is 3.26. The third-order valence-electron chi connectivity index (χ3n) is 4.90. The zero-order chi connectivity index (χ0) is 15.3. The van der Waals surface area contributed by atoms with Crippen LogP contribution in [0, 0.1) is 0 Å². The summed E-state index contributed by atoms with van der Waals surface area (Å²) in [6.45, 7) is 3.79. The second kappa shape index (κ2) is 8.65. The molecule has 122 valence electrons. The quantitative estimate of drug-likeness (QED) is 0.522. The van der Waals surface area contributed by atoms with Gasteiger partial charge in [-0.1, -0.05) is 72.3 Å². The second-order valence-electron chi connectivity index (χ2n) is 6.74. The fourth-order valence-corrected chi connectivity index (χ4v) is 3.26. The van der Waals surface area contributed by atoms with Crippen molar-refractivity contribution in [2.24, 2.45) is 0 Å². The maximum Gasteiger partial charge on any atom is 0.0825 e. The van der Waals surface area contributed by atoms with Crippen molar-refractivity contribution in [3.05, 3.63) is 77.4 Å². The molecule has 1 fully saturated rings. The van der Waals surface area contributed by atoms with E-state index in [0.29, 0.717) is 0 Å². The Balaban J connectivity index is 0.00000192. The highest BCUT2D eigenvalue weighted by Crippen LogP contribution is 2.24. The van der Waals surface area contributed by atoms with Crippen LogP contribution in [0.25, 0.3) is 6.08 Å². The lowest BCUT2D eigenvalue weighted by atomic mass is 9.98. The molecule has 0 atom stereocenters. The topological polar surface area (TPSA) is 0 Å². The highest BCUT2D eigenvalue weighted by atomic mass is 127. The molecule has 0 amide bonds. The zero-order valence-electron chi connectivity index (χ0n) is 13.9. The summed E-state index contributed by atoms with van der Waals surface area (Å²) in [6, 6.07) is 21.6. The smallest absolute Gasteiger partial charge is 0.0825 e. The summed E-state index contributed by atoms with van der Waals surface area (Å²) in [6.07, 6.45) is 6.05. The Bertz CT molecular complexity index is 609. The van der Waals surface area contributed by atoms with Gasteiger partial charge in [0.15, 0.2) is 0 Å². The molecule has 23 heavy (non-hydrogen) atoms. The second-order valence-corrected chi connectivity index (χ2v) is 6.74. The molecular weight excluding hydrogens is 393 g/mol. The molecule has 1 nitrogen and oxygen atoms in total. The minimum atomic E-state index is 0. The van der Waals surface area contributed by atoms with E-state index in [1.54, 1.807) is 5.57 Å². The van der Waals surface area contributed by atoms with Crippen molar-refractivity contribution in [1.82, 2.24) is 0 Å². The summed E-state index contributed by atoms with van der Waals surface area (Å²) in [5, 5.41) is 0. The Morgan fingerprint density at radius 2 is 1.43 bits per heavy atom. The number of halogens is 1. The molecule has 0 aromatic heterocycles. The van der Waals surface area contributed by atoms with Crippen LogP contribution in [0.3, 0.4) is 0 Å². The average molecular weight is 419 g/mol. The third kappa shape index (κ3) is 5.47. The molecule has 0 aliphatic carbocycles. The standard InChI is InChI=1S/C21H26N.HI/c1-22(15-12-19-8-4-2-5-9-19)16-13-21(14-17-22)18-20-10-6-3-7-11-20;/h2-11,18H,12-17H2,1H3;1H/q+1;/p-1. The Morgan fingerprint density at radius 3 is 2.04 bits per heavy atom. The van der Waals surface area contributed by atoms with Gasteiger partial charge in [-0.25, -0.2) is 0 Å². The first-order chi connectivity index (χ1) is 10.7. The van der Waals surface area contributed by atoms with Gasteiger partial charge in [0.25, 0.3) is 0 Å². The number of likely N-dealkylation sites (tertiary alicyclic amines) is 1. The van der Waals surface area contributed by atoms with E-state index in [1.165, 1.54) is 54.5 Å². The first kappa shape index (κ1) is 18.2. The van der Waals surface area contributed by atoms with Gasteiger partial charge in [0.05, 0.1) is 26.7 Å². The van der Waals surface area contributed by atoms with Crippen molar-refractivity contribution >= 4 is 6.08 Å². The lowest BCUT2D eigenvalue weighted by molar-refractivity contribution is -0.911. The van der Waals surface area contributed by atoms with Crippen LogP contribution in [0.2, 0.25) is 0 Å². The normalized spacial score (nSPS) is 20.7. The highest BCUT2D eigenvalue weighted by Gasteiger charge is 2.26. The van der Waals surface area contributed by atoms with Crippen LogP contribution < -0.4 is 24.0 Å². The number of nitrogens with zero attached hydrogens (tertiary/aromatic N) is 1. The van der Waals surface area contributed by atoms with Gasteiger partial charge >= 0.3 is 0 Å². The van der Waals surface area contributed by atoms with Crippen LogP contribution in [-0.4, -0.2) is 31.2 Å². The van der Waals surface area contributed by atoms with Gasteiger partial charge in [0.2, 0.25) is 0 Å². The molecule has 2 heteroatoms. The van der Waals surface area contributed by atoms with E-state index < -0.39 is 0 Å². The zero-order valence-corrected chi connectivity index (χ0v) is 16.1. The molecule has 0 spiro atoms. The SMILES string of the molecule is C[N+]1(CCc2ccccc2)CCC(=Cc2ccccc2)CC1.[I-]. The highest BCUT2D eigenvalue weighted by molar-refractivity contribution is 5.52. The summed E-state index contributed by atoms with van der Waals surface area (Å²) >= 11 is 0. The molecule has 0 N–H and O–H groups in total. The lowest BCUT2D eigenvalue weighted by Gasteiger charge is -2.39. The van der Waals surface area contributed by atoms with Gasteiger partial charge in [-0.15, -0.1) is 0 Å². The van der Waals surface area contributed by atoms with Crippen molar-refractivity contribution in [3.63, 3.8) is 0 Å². The Kier molecular flexibility index (Phi) is 6.85. The average Bonchev–Trinajstić information content (AvgIpc) is 2.58. The largest absolute Gasteiger partial charge is 1.00 e. The van der Waals surface area contributed by atoms with E-state index in [9.17, 15) is 0 Å². The Labute approximate surface area is 157 Å². The number of benzene rings is 2. The van der Waals surface area contributed by atoms with E-state index in [1.807, 2.05) is 0 Å². The van der Waals surface area contributed by atoms with Crippen LogP contribution in [0.5, 0.6) is 0 Å². The van der Waals surface area contributed by atoms with Crippen molar-refractivity contribution in [3.8, 4) is 0 Å². The van der Waals surface area contributed by atoms with Gasteiger partial charge in [0, 0.05) is 19.3 Å². The van der Waals surface area contributed by atoms with E-state index in [0.717, 1.165) is 0 Å². The van der Waals surface area contributed by atoms with Crippen LogP contribution in [-0.2, 0) is 6.42 Å². The summed E-state index contributed by atoms with van der Waals surface area (Å²) in [7, 11) is 2.42. The molecule has 1 heterocycles. The molecule has 1 saturated heterocycles. The monoisotopic (exact) mass is 419 g/mol. The van der Waals surface area contributed by atoms with Crippen LogP contribution in [0.15, 0.2) is 66.2 Å². The number of hydrogen-bond acceptors (Lipinski definition) is 0. The first-order valence-electron chi connectivity index (χ1n) is 8.36. The van der Waals surface area contributed by atoms with Crippen molar-refractivity contribution in [1.29, 1.82) is 0 Å². The summed E-state index contributed by atoms with van der Waals surface area (Å²) < 4.78 is 1.21. The number of hydrogen-bond donors (Lipinski definition) is 0. The van der Waals surface area contributed by atoms with Crippen molar-refractivity contribution < 1.29 is 28.5 Å². The first-order valence-corrected chi connectivity index (χ1v) is 8.36. The molecule has 0 bridgehead atoms. The maximum absolute atomic E-state index is 2.42. The Morgan fingerprint density at radius 1 is 0.870 bits per heavy atom. The summed E-state index contributed by atoms with van der Waals surface area (Å²) in [5.74, 6) is 0. The van der Waals surface area contributed by atoms with Crippen molar-refractivity contribution in [2.75, 3.05) is 26.7 Å². The molecule has 3 rings (SSSR count). The summed E-state index contributed by atoms with van der Waals surface area (Å²) in [5.41, 5.74) is 4.42. The number of piperidine rings is 1. The third-order valence-corrected chi connectivity index (χ3v) is 4.90. The van der Waals surface area contributed by atoms with Gasteiger partial charge in [0.1, 0.15) is 0 Å². The van der Waals surface area contributed by atoms with Crippen LogP contribution in [0.4, 0.5) is 0 Å². The number of likely N-dealkylation sites (N-methyl/N-ethyl adjacent to an activating group) is 1. The van der Waals surface area contributed by atoms with E-state index >= 15 is 0 Å². The van der Waals surface area contributed by atoms with Crippen LogP contribution in [0.1, 0.15) is 24.0 Å². The van der Waals surface area contributed by atoms with E-state index in [2.05, 4.69) is 73.8 Å². The number of rotatable bonds is 4. The van der Waals surface area contributed by atoms with Crippen LogP contribution >= 0.6 is 0 Å². The Hall–Kier alpha value is -1.13. The predicted octanol–water partition coefficient (Wildman–Crippen LogP) is 1.56. The van der Waals surface area contributed by atoms with E-state index in [4.69, 9.17) is 0 Å². The van der Waals surface area contributed by atoms with Gasteiger partial charge in [-0.3, -0.25) is 0 Å². The maximum atomic E-state index is 2.42. The van der Waals surface area contributed by atoms with Gasteiger partial charge in [-0.05, 0) is 11.1 Å². The van der Waals surface area contributed by atoms with Crippen molar-refractivity contribution in [2.45, 2.75) is 19.3 Å². The minimum Gasteiger partial charge on any atom is -1.00 e. The van der Waals surface area contributed by atoms with Gasteiger partial charge in [-0.2, -0.15) is 0 Å². The predicted molar refractivity (Wildman–Crippen MR) is 94.6 cm³/mol. The molecule has 1 aliphatic heterocycles. The lowest BCUT2D eigenvalue weighted by Crippen LogP contribution is -3.00. The molecule has 0 unspecified atom stereocenters. The number of quaternary nitrogens is 1.